The molecule has 6 nitrogen and oxygen atoms in total. The number of fused-ring (bicyclic) bond motifs is 3. The fraction of sp³-hybridized carbons (Fsp3) is 0.370. The molecule has 6 rings (SSSR count). The number of rotatable bonds is 5. The summed E-state index contributed by atoms with van der Waals surface area (Å²) in [6, 6.07) is 15.9. The first-order valence-corrected chi connectivity index (χ1v) is 12.9. The monoisotopic (exact) mass is 472 g/mol. The quantitative estimate of drug-likeness (QED) is 0.552. The summed E-state index contributed by atoms with van der Waals surface area (Å²) in [6.45, 7) is 2.18. The number of aromatic nitrogens is 1. The highest BCUT2D eigenvalue weighted by atomic mass is 32.1. The number of thiophene rings is 1. The average molecular weight is 473 g/mol. The number of Topliss-reactive ketones (excluding diaryl/α,β-unsaturated/α-hetero) is 1. The minimum atomic E-state index is -0.0991. The van der Waals surface area contributed by atoms with E-state index in [1.165, 1.54) is 12.8 Å². The third-order valence-corrected chi connectivity index (χ3v) is 8.30. The number of nitrogens with zero attached hydrogens (tertiary/aromatic N) is 3. The largest absolute Gasteiger partial charge is 0.355 e. The van der Waals surface area contributed by atoms with E-state index in [-0.39, 0.29) is 17.7 Å². The minimum absolute atomic E-state index is 0.0991. The highest BCUT2D eigenvalue weighted by molar-refractivity contribution is 7.17. The molecule has 0 radical (unpaired) electrons. The summed E-state index contributed by atoms with van der Waals surface area (Å²) in [6.07, 6.45) is 4.67. The fourth-order valence-electron chi connectivity index (χ4n) is 4.98. The maximum Gasteiger partial charge on any atom is 0.276 e. The van der Waals surface area contributed by atoms with Gasteiger partial charge in [-0.15, -0.1) is 11.3 Å². The molecule has 0 spiro atoms. The van der Waals surface area contributed by atoms with Gasteiger partial charge in [-0.25, -0.2) is 4.98 Å². The van der Waals surface area contributed by atoms with E-state index in [9.17, 15) is 9.59 Å². The number of amides is 1. The van der Waals surface area contributed by atoms with Gasteiger partial charge in [0.05, 0.1) is 10.6 Å². The van der Waals surface area contributed by atoms with Crippen LogP contribution in [0.5, 0.6) is 0 Å². The number of anilines is 2. The van der Waals surface area contributed by atoms with Gasteiger partial charge in [0.15, 0.2) is 5.78 Å². The van der Waals surface area contributed by atoms with E-state index in [1.54, 1.807) is 17.4 Å². The zero-order valence-electron chi connectivity index (χ0n) is 19.1. The number of pyridine rings is 1. The van der Waals surface area contributed by atoms with Crippen LogP contribution < -0.4 is 15.5 Å². The van der Waals surface area contributed by atoms with Crippen molar-refractivity contribution >= 4 is 34.5 Å². The van der Waals surface area contributed by atoms with Crippen LogP contribution in [0.1, 0.15) is 51.4 Å². The molecule has 0 unspecified atom stereocenters. The molecule has 2 aromatic heterocycles. The number of nitrogens with two attached hydrogens (primary N) is 1. The van der Waals surface area contributed by atoms with Crippen LogP contribution in [0.3, 0.4) is 0 Å². The standard InChI is InChI=1S/C27H28N4O2S/c28-19-11-12-30(16-19)25-7-3-5-21(29-25)27(33)31-13-10-18-15-24(23(32)14-17-8-9-17)34-26(18)20-4-1-2-6-22(20)31/h1-7,15,17,19H,8-14,16,28H2/t19-/m1/s1. The van der Waals surface area contributed by atoms with Gasteiger partial charge in [0, 0.05) is 42.5 Å². The third kappa shape index (κ3) is 4.03. The Balaban J connectivity index is 1.31. The van der Waals surface area contributed by atoms with Crippen LogP contribution in [-0.4, -0.2) is 42.4 Å². The molecule has 2 N–H and O–H groups in total. The van der Waals surface area contributed by atoms with E-state index < -0.39 is 0 Å². The van der Waals surface area contributed by atoms with Crippen molar-refractivity contribution in [1.82, 2.24) is 4.98 Å². The Morgan fingerprint density at radius 3 is 2.71 bits per heavy atom. The Labute approximate surface area is 203 Å². The Hall–Kier alpha value is -3.03. The first-order valence-electron chi connectivity index (χ1n) is 12.1. The first kappa shape index (κ1) is 21.5. The molecule has 2 aliphatic heterocycles. The molecule has 4 heterocycles. The van der Waals surface area contributed by atoms with E-state index in [0.29, 0.717) is 31.0 Å². The smallest absolute Gasteiger partial charge is 0.276 e. The number of para-hydroxylation sites is 1. The van der Waals surface area contributed by atoms with Gasteiger partial charge in [0.25, 0.3) is 5.91 Å². The molecule has 0 bridgehead atoms. The maximum absolute atomic E-state index is 13.7. The van der Waals surface area contributed by atoms with E-state index in [1.807, 2.05) is 35.2 Å². The molecule has 3 aliphatic rings. The van der Waals surface area contributed by atoms with Crippen molar-refractivity contribution in [1.29, 1.82) is 0 Å². The van der Waals surface area contributed by atoms with Crippen molar-refractivity contribution in [2.24, 2.45) is 11.7 Å². The lowest BCUT2D eigenvalue weighted by Gasteiger charge is -2.23. The Kier molecular flexibility index (Phi) is 5.46. The van der Waals surface area contributed by atoms with Gasteiger partial charge < -0.3 is 15.5 Å². The van der Waals surface area contributed by atoms with Crippen LogP contribution in [0, 0.1) is 5.92 Å². The summed E-state index contributed by atoms with van der Waals surface area (Å²) >= 11 is 1.58. The normalized spacial score (nSPS) is 19.5. The lowest BCUT2D eigenvalue weighted by Crippen LogP contribution is -2.33. The number of carbonyl (C=O) groups is 2. The fourth-order valence-corrected chi connectivity index (χ4v) is 6.17. The lowest BCUT2D eigenvalue weighted by molar-refractivity contribution is 0.0972. The second-order valence-electron chi connectivity index (χ2n) is 9.64. The predicted octanol–water partition coefficient (Wildman–Crippen LogP) is 4.53. The van der Waals surface area contributed by atoms with Crippen LogP contribution in [0.2, 0.25) is 0 Å². The van der Waals surface area contributed by atoms with Gasteiger partial charge in [-0.1, -0.05) is 24.3 Å². The molecular weight excluding hydrogens is 444 g/mol. The van der Waals surface area contributed by atoms with Crippen molar-refractivity contribution < 1.29 is 9.59 Å². The van der Waals surface area contributed by atoms with E-state index in [4.69, 9.17) is 10.7 Å². The van der Waals surface area contributed by atoms with E-state index in [0.717, 1.165) is 51.9 Å². The third-order valence-electron chi connectivity index (χ3n) is 7.05. The second kappa shape index (κ2) is 8.64. The predicted molar refractivity (Wildman–Crippen MR) is 136 cm³/mol. The van der Waals surface area contributed by atoms with Gasteiger partial charge in [0.1, 0.15) is 11.5 Å². The molecule has 1 aromatic carbocycles. The van der Waals surface area contributed by atoms with Crippen molar-refractivity contribution in [3.63, 3.8) is 0 Å². The SMILES string of the molecule is N[C@@H]1CCN(c2cccc(C(=O)N3CCc4cc(C(=O)CC5CC5)sc4-c4ccccc43)n2)C1. The topological polar surface area (TPSA) is 79.5 Å². The molecular formula is C27H28N4O2S. The molecule has 3 aromatic rings. The van der Waals surface area contributed by atoms with Gasteiger partial charge >= 0.3 is 0 Å². The summed E-state index contributed by atoms with van der Waals surface area (Å²) in [4.78, 5) is 37.1. The van der Waals surface area contributed by atoms with Crippen molar-refractivity contribution in [3.05, 3.63) is 64.7 Å². The number of benzene rings is 1. The highest BCUT2D eigenvalue weighted by Crippen LogP contribution is 2.43. The van der Waals surface area contributed by atoms with Crippen LogP contribution in [0.25, 0.3) is 10.4 Å². The Bertz CT molecular complexity index is 1270. The van der Waals surface area contributed by atoms with Crippen LogP contribution in [0.4, 0.5) is 11.5 Å². The lowest BCUT2D eigenvalue weighted by atomic mass is 10.1. The average Bonchev–Trinajstić information content (AvgIpc) is 3.44. The zero-order valence-corrected chi connectivity index (χ0v) is 19.9. The summed E-state index contributed by atoms with van der Waals surface area (Å²) in [7, 11) is 0. The molecule has 34 heavy (non-hydrogen) atoms. The number of carbonyl (C=O) groups excluding carboxylic acids is 2. The number of hydrogen-bond donors (Lipinski definition) is 1. The van der Waals surface area contributed by atoms with Crippen LogP contribution >= 0.6 is 11.3 Å². The van der Waals surface area contributed by atoms with Crippen molar-refractivity contribution in [2.75, 3.05) is 29.4 Å². The van der Waals surface area contributed by atoms with Gasteiger partial charge in [0.2, 0.25) is 0 Å². The van der Waals surface area contributed by atoms with Crippen LogP contribution in [0.15, 0.2) is 48.5 Å². The molecule has 2 fully saturated rings. The van der Waals surface area contributed by atoms with Gasteiger partial charge in [-0.3, -0.25) is 9.59 Å². The summed E-state index contributed by atoms with van der Waals surface area (Å²) in [5.41, 5.74) is 9.56. The molecule has 1 amide bonds. The highest BCUT2D eigenvalue weighted by Gasteiger charge is 2.30. The molecule has 1 atom stereocenters. The van der Waals surface area contributed by atoms with Gasteiger partial charge in [-0.2, -0.15) is 0 Å². The first-order chi connectivity index (χ1) is 16.6. The number of ketones is 1. The summed E-state index contributed by atoms with van der Waals surface area (Å²) in [5.74, 6) is 1.54. The maximum atomic E-state index is 13.7. The van der Waals surface area contributed by atoms with E-state index in [2.05, 4.69) is 17.0 Å². The summed E-state index contributed by atoms with van der Waals surface area (Å²) in [5, 5.41) is 0. The summed E-state index contributed by atoms with van der Waals surface area (Å²) < 4.78 is 0. The Morgan fingerprint density at radius 2 is 1.91 bits per heavy atom. The van der Waals surface area contributed by atoms with Crippen molar-refractivity contribution in [3.8, 4) is 10.4 Å². The second-order valence-corrected chi connectivity index (χ2v) is 10.7. The van der Waals surface area contributed by atoms with Gasteiger partial charge in [-0.05, 0) is 61.4 Å². The Morgan fingerprint density at radius 1 is 1.06 bits per heavy atom. The van der Waals surface area contributed by atoms with Crippen molar-refractivity contribution in [2.45, 2.75) is 38.1 Å². The molecule has 1 saturated heterocycles. The molecule has 7 heteroatoms. The molecule has 1 saturated carbocycles. The van der Waals surface area contributed by atoms with E-state index >= 15 is 0 Å². The number of hydrogen-bond acceptors (Lipinski definition) is 6. The minimum Gasteiger partial charge on any atom is -0.355 e. The molecule has 174 valence electrons. The molecule has 1 aliphatic carbocycles. The zero-order chi connectivity index (χ0) is 23.2. The van der Waals surface area contributed by atoms with Crippen LogP contribution in [-0.2, 0) is 6.42 Å².